The first-order chi connectivity index (χ1) is 15.4. The summed E-state index contributed by atoms with van der Waals surface area (Å²) >= 11 is 0. The molecule has 2 aromatic rings. The maximum absolute atomic E-state index is 13.1. The van der Waals surface area contributed by atoms with Crippen molar-refractivity contribution in [2.75, 3.05) is 13.2 Å². The van der Waals surface area contributed by atoms with Gasteiger partial charge in [0.2, 0.25) is 0 Å². The van der Waals surface area contributed by atoms with Gasteiger partial charge in [0, 0.05) is 12.6 Å². The van der Waals surface area contributed by atoms with E-state index in [1.165, 1.54) is 12.1 Å². The number of aryl methyl sites for hydroxylation is 1. The monoisotopic (exact) mass is 488 g/mol. The molecular formula is C20H19F3N2O7S. The summed E-state index contributed by atoms with van der Waals surface area (Å²) in [4.78, 5) is 25.1. The minimum atomic E-state index is -5.01. The third kappa shape index (κ3) is 5.72. The van der Waals surface area contributed by atoms with Crippen molar-refractivity contribution >= 4 is 10.1 Å². The summed E-state index contributed by atoms with van der Waals surface area (Å²) in [7, 11) is -4.17. The van der Waals surface area contributed by atoms with Gasteiger partial charge in [0.1, 0.15) is 24.5 Å². The van der Waals surface area contributed by atoms with Gasteiger partial charge >= 0.3 is 11.9 Å². The molecule has 3 atom stereocenters. The fourth-order valence-electron chi connectivity index (χ4n) is 3.18. The Kier molecular flexibility index (Phi) is 7.13. The summed E-state index contributed by atoms with van der Waals surface area (Å²) in [5.41, 5.74) is -3.48. The number of benzene rings is 1. The molecule has 0 unspecified atom stereocenters. The number of nitrogens with zero attached hydrogens (tertiary/aromatic N) is 1. The zero-order valence-corrected chi connectivity index (χ0v) is 18.0. The third-order valence-corrected chi connectivity index (χ3v) is 6.14. The minimum Gasteiger partial charge on any atom is -0.363 e. The molecule has 9 nitrogen and oxygen atoms in total. The van der Waals surface area contributed by atoms with E-state index in [0.29, 0.717) is 10.8 Å². The third-order valence-electron chi connectivity index (χ3n) is 4.84. The van der Waals surface area contributed by atoms with Gasteiger partial charge in [0.25, 0.3) is 15.7 Å². The number of ether oxygens (including phenoxy) is 2. The molecule has 0 amide bonds. The summed E-state index contributed by atoms with van der Waals surface area (Å²) in [6.45, 7) is 1.03. The van der Waals surface area contributed by atoms with Gasteiger partial charge in [-0.25, -0.2) is 4.79 Å². The fraction of sp³-hybridized carbons (Fsp3) is 0.400. The first-order valence-electron chi connectivity index (χ1n) is 9.51. The average molecular weight is 488 g/mol. The van der Waals surface area contributed by atoms with Gasteiger partial charge < -0.3 is 9.47 Å². The van der Waals surface area contributed by atoms with Crippen LogP contribution in [0.1, 0.15) is 23.8 Å². The van der Waals surface area contributed by atoms with Crippen LogP contribution in [0.4, 0.5) is 13.2 Å². The number of aromatic nitrogens is 2. The van der Waals surface area contributed by atoms with Gasteiger partial charge in [-0.3, -0.25) is 18.5 Å². The molecule has 0 spiro atoms. The molecule has 0 radical (unpaired) electrons. The van der Waals surface area contributed by atoms with Crippen LogP contribution in [-0.2, 0) is 30.0 Å². The molecule has 0 bridgehead atoms. The Morgan fingerprint density at radius 1 is 1.27 bits per heavy atom. The topological polar surface area (TPSA) is 117 Å². The molecule has 2 heterocycles. The van der Waals surface area contributed by atoms with Crippen molar-refractivity contribution in [2.45, 2.75) is 42.9 Å². The van der Waals surface area contributed by atoms with E-state index in [1.807, 2.05) is 0 Å². The van der Waals surface area contributed by atoms with Crippen LogP contribution in [0.25, 0.3) is 0 Å². The minimum absolute atomic E-state index is 0.101. The normalized spacial score (nSPS) is 21.1. The largest absolute Gasteiger partial charge is 0.423 e. The standard InChI is InChI=1S/C20H19F3N2O7S/c1-3-8-30-15-9-17(25-10-14(20(21,22)23)18(26)24-19(25)27)32-16(15)11-31-33(28,29)13-6-4-12(2)5-7-13/h1,4-7,10,15-17H,8-9,11H2,2H3,(H,24,26,27)/t15-,16+,17+/m0/s1. The number of halogens is 3. The van der Waals surface area contributed by atoms with Crippen LogP contribution in [0.15, 0.2) is 44.9 Å². The lowest BCUT2D eigenvalue weighted by Gasteiger charge is -2.18. The predicted molar refractivity (Wildman–Crippen MR) is 108 cm³/mol. The quantitative estimate of drug-likeness (QED) is 0.465. The summed E-state index contributed by atoms with van der Waals surface area (Å²) in [5, 5.41) is 0. The lowest BCUT2D eigenvalue weighted by molar-refractivity contribution is -0.139. The zero-order chi connectivity index (χ0) is 24.4. The Labute approximate surface area is 186 Å². The van der Waals surface area contributed by atoms with Crippen LogP contribution in [0.3, 0.4) is 0 Å². The van der Waals surface area contributed by atoms with Crippen molar-refractivity contribution in [3.63, 3.8) is 0 Å². The predicted octanol–water partition coefficient (Wildman–Crippen LogP) is 1.58. The molecule has 3 rings (SSSR count). The highest BCUT2D eigenvalue weighted by Crippen LogP contribution is 2.32. The molecule has 0 saturated carbocycles. The van der Waals surface area contributed by atoms with Gasteiger partial charge in [0.15, 0.2) is 0 Å². The van der Waals surface area contributed by atoms with Crippen LogP contribution in [-0.4, -0.2) is 43.4 Å². The van der Waals surface area contributed by atoms with Crippen LogP contribution in [0.2, 0.25) is 0 Å². The Bertz CT molecular complexity index is 1260. The molecular weight excluding hydrogens is 469 g/mol. The van der Waals surface area contributed by atoms with Gasteiger partial charge in [-0.15, -0.1) is 6.42 Å². The molecule has 1 N–H and O–H groups in total. The van der Waals surface area contributed by atoms with Gasteiger partial charge in [-0.1, -0.05) is 23.6 Å². The Hall–Kier alpha value is -2.92. The van der Waals surface area contributed by atoms with Crippen molar-refractivity contribution in [1.82, 2.24) is 9.55 Å². The fourth-order valence-corrected chi connectivity index (χ4v) is 4.10. The smallest absolute Gasteiger partial charge is 0.363 e. The number of nitrogens with one attached hydrogen (secondary N) is 1. The second-order valence-corrected chi connectivity index (χ2v) is 8.79. The van der Waals surface area contributed by atoms with Crippen LogP contribution >= 0.6 is 0 Å². The van der Waals surface area contributed by atoms with E-state index in [4.69, 9.17) is 20.1 Å². The molecule has 1 aromatic heterocycles. The van der Waals surface area contributed by atoms with Crippen molar-refractivity contribution in [1.29, 1.82) is 0 Å². The highest BCUT2D eigenvalue weighted by molar-refractivity contribution is 7.86. The van der Waals surface area contributed by atoms with Crippen molar-refractivity contribution in [3.05, 3.63) is 62.4 Å². The molecule has 0 aliphatic carbocycles. The van der Waals surface area contributed by atoms with Crippen molar-refractivity contribution in [2.24, 2.45) is 0 Å². The van der Waals surface area contributed by atoms with E-state index in [1.54, 1.807) is 24.0 Å². The van der Waals surface area contributed by atoms with Gasteiger partial charge in [-0.2, -0.15) is 21.6 Å². The first-order valence-corrected chi connectivity index (χ1v) is 10.9. The second-order valence-electron chi connectivity index (χ2n) is 7.18. The van der Waals surface area contributed by atoms with E-state index in [9.17, 15) is 31.2 Å². The SMILES string of the molecule is C#CCO[C@H]1C[C@H](n2cc(C(F)(F)F)c(=O)[nH]c2=O)O[C@@H]1COS(=O)(=O)c1ccc(C)cc1. The van der Waals surface area contributed by atoms with E-state index >= 15 is 0 Å². The van der Waals surface area contributed by atoms with Crippen LogP contribution in [0, 0.1) is 19.3 Å². The Morgan fingerprint density at radius 3 is 2.55 bits per heavy atom. The molecule has 13 heteroatoms. The number of aromatic amines is 1. The van der Waals surface area contributed by atoms with Crippen LogP contribution < -0.4 is 11.2 Å². The zero-order valence-electron chi connectivity index (χ0n) is 17.2. The maximum atomic E-state index is 13.1. The van der Waals surface area contributed by atoms with E-state index in [-0.39, 0.29) is 17.9 Å². The lowest BCUT2D eigenvalue weighted by Crippen LogP contribution is -2.36. The van der Waals surface area contributed by atoms with E-state index in [0.717, 1.165) is 5.56 Å². The number of rotatable bonds is 7. The second kappa shape index (κ2) is 9.52. The van der Waals surface area contributed by atoms with Crippen LogP contribution in [0.5, 0.6) is 0 Å². The van der Waals surface area contributed by atoms with E-state index < -0.39 is 58.1 Å². The molecule has 1 fully saturated rings. The molecule has 178 valence electrons. The van der Waals surface area contributed by atoms with E-state index in [2.05, 4.69) is 5.92 Å². The number of alkyl halides is 3. The maximum Gasteiger partial charge on any atom is 0.423 e. The molecule has 1 aliphatic heterocycles. The highest BCUT2D eigenvalue weighted by atomic mass is 32.2. The molecule has 1 saturated heterocycles. The Morgan fingerprint density at radius 2 is 1.94 bits per heavy atom. The van der Waals surface area contributed by atoms with Crippen molar-refractivity contribution in [3.8, 4) is 12.3 Å². The summed E-state index contributed by atoms with van der Waals surface area (Å²) in [6.07, 6.45) is -2.92. The number of terminal acetylenes is 1. The number of hydrogen-bond donors (Lipinski definition) is 1. The first kappa shape index (κ1) is 24.7. The van der Waals surface area contributed by atoms with Gasteiger partial charge in [0.05, 0.1) is 17.6 Å². The summed E-state index contributed by atoms with van der Waals surface area (Å²) < 4.78 is 80.8. The number of H-pyrrole nitrogens is 1. The average Bonchev–Trinajstić information content (AvgIpc) is 3.13. The van der Waals surface area contributed by atoms with Gasteiger partial charge in [-0.05, 0) is 19.1 Å². The number of hydrogen-bond acceptors (Lipinski definition) is 7. The summed E-state index contributed by atoms with van der Waals surface area (Å²) in [5.74, 6) is 2.22. The van der Waals surface area contributed by atoms with Crippen molar-refractivity contribution < 1.29 is 35.2 Å². The molecule has 1 aromatic carbocycles. The summed E-state index contributed by atoms with van der Waals surface area (Å²) in [6, 6.07) is 5.87. The highest BCUT2D eigenvalue weighted by Gasteiger charge is 2.41. The lowest BCUT2D eigenvalue weighted by atomic mass is 10.2. The molecule has 33 heavy (non-hydrogen) atoms. The molecule has 1 aliphatic rings. The Balaban J connectivity index is 1.83.